The largest absolute Gasteiger partial charge is 0.750 e. The zero-order valence-corrected chi connectivity index (χ0v) is 7.53. The monoisotopic (exact) mass is 208 g/mol. The SMILES string of the molecule is CN(C)C.O=S([O-])OC(F)(F)F. The lowest BCUT2D eigenvalue weighted by molar-refractivity contribution is -0.272. The minimum absolute atomic E-state index is 2.00. The van der Waals surface area contributed by atoms with Crippen molar-refractivity contribution in [3.63, 3.8) is 0 Å². The van der Waals surface area contributed by atoms with Gasteiger partial charge in [0.2, 0.25) is 0 Å². The van der Waals surface area contributed by atoms with Crippen LogP contribution in [0.5, 0.6) is 0 Å². The fourth-order valence-corrected chi connectivity index (χ4v) is 0.231. The summed E-state index contributed by atoms with van der Waals surface area (Å²) < 4.78 is 52.6. The van der Waals surface area contributed by atoms with E-state index in [9.17, 15) is 13.2 Å². The molecule has 1 atom stereocenters. The summed E-state index contributed by atoms with van der Waals surface area (Å²) in [5.74, 6) is 0. The smallest absolute Gasteiger partial charge is 0.534 e. The van der Waals surface area contributed by atoms with Gasteiger partial charge in [-0.05, 0) is 21.1 Å². The second-order valence-corrected chi connectivity index (χ2v) is 2.65. The summed E-state index contributed by atoms with van der Waals surface area (Å²) in [6, 6.07) is 0. The molecule has 0 spiro atoms. The van der Waals surface area contributed by atoms with Gasteiger partial charge in [-0.1, -0.05) is 0 Å². The molecule has 0 fully saturated rings. The number of hydrogen-bond acceptors (Lipinski definition) is 4. The van der Waals surface area contributed by atoms with Crippen molar-refractivity contribution in [1.82, 2.24) is 4.90 Å². The summed E-state index contributed by atoms with van der Waals surface area (Å²) in [6.07, 6.45) is -5.09. The third-order valence-corrected chi connectivity index (χ3v) is 0.488. The van der Waals surface area contributed by atoms with Crippen LogP contribution in [0.4, 0.5) is 13.2 Å². The molecule has 12 heavy (non-hydrogen) atoms. The minimum atomic E-state index is -5.09. The standard InChI is InChI=1S/C3H9N.CHF3O3S/c1-4(2)3;2-1(3,4)7-8(5)6/h1-3H3;(H,5,6)/p-1. The van der Waals surface area contributed by atoms with Crippen molar-refractivity contribution in [2.45, 2.75) is 6.36 Å². The zero-order chi connectivity index (χ0) is 10.4. The van der Waals surface area contributed by atoms with Crippen LogP contribution in [0.3, 0.4) is 0 Å². The molecule has 0 aliphatic rings. The number of nitrogens with zero attached hydrogens (tertiary/aromatic N) is 1. The van der Waals surface area contributed by atoms with Gasteiger partial charge in [0.1, 0.15) is 0 Å². The average molecular weight is 208 g/mol. The quantitative estimate of drug-likeness (QED) is 0.588. The Balaban J connectivity index is 0. The molecule has 76 valence electrons. The molecule has 0 bridgehead atoms. The van der Waals surface area contributed by atoms with Crippen LogP contribution in [-0.4, -0.2) is 41.2 Å². The maximum absolute atomic E-state index is 10.7. The lowest BCUT2D eigenvalue weighted by Crippen LogP contribution is -2.14. The molecule has 0 N–H and O–H groups in total. The van der Waals surface area contributed by atoms with E-state index < -0.39 is 17.7 Å². The number of halogens is 3. The third kappa shape index (κ3) is 32.9. The second-order valence-electron chi connectivity index (χ2n) is 2.07. The summed E-state index contributed by atoms with van der Waals surface area (Å²) in [7, 11) is 6.00. The van der Waals surface area contributed by atoms with Crippen LogP contribution in [-0.2, 0) is 15.5 Å². The molecule has 0 aromatic rings. The van der Waals surface area contributed by atoms with Gasteiger partial charge in [-0.15, -0.1) is 13.2 Å². The summed E-state index contributed by atoms with van der Waals surface area (Å²) >= 11 is -3.51. The van der Waals surface area contributed by atoms with Gasteiger partial charge in [-0.2, -0.15) is 0 Å². The molecule has 0 aliphatic heterocycles. The highest BCUT2D eigenvalue weighted by Gasteiger charge is 2.30. The molecule has 1 unspecified atom stereocenters. The Kier molecular flexibility index (Phi) is 7.59. The first-order valence-electron chi connectivity index (χ1n) is 2.61. The molecule has 0 aromatic carbocycles. The summed E-state index contributed by atoms with van der Waals surface area (Å²) in [5, 5.41) is 0. The van der Waals surface area contributed by atoms with Gasteiger partial charge < -0.3 is 9.45 Å². The van der Waals surface area contributed by atoms with Crippen molar-refractivity contribution < 1.29 is 26.1 Å². The summed E-state index contributed by atoms with van der Waals surface area (Å²) in [5.41, 5.74) is 0. The number of rotatable bonds is 1. The summed E-state index contributed by atoms with van der Waals surface area (Å²) in [4.78, 5) is 2.00. The van der Waals surface area contributed by atoms with Gasteiger partial charge in [-0.25, -0.2) is 8.39 Å². The predicted molar refractivity (Wildman–Crippen MR) is 35.7 cm³/mol. The fraction of sp³-hybridized carbons (Fsp3) is 1.00. The van der Waals surface area contributed by atoms with Gasteiger partial charge >= 0.3 is 6.36 Å². The van der Waals surface area contributed by atoms with E-state index in [1.807, 2.05) is 26.0 Å². The van der Waals surface area contributed by atoms with E-state index in [1.165, 1.54) is 0 Å². The molecule has 0 aromatic heterocycles. The first-order chi connectivity index (χ1) is 5.15. The Bertz CT molecular complexity index is 135. The molecule has 0 saturated carbocycles. The van der Waals surface area contributed by atoms with Gasteiger partial charge in [0.25, 0.3) is 0 Å². The predicted octanol–water partition coefficient (Wildman–Crippen LogP) is 0.495. The van der Waals surface area contributed by atoms with E-state index in [-0.39, 0.29) is 0 Å². The van der Waals surface area contributed by atoms with Crippen molar-refractivity contribution in [3.8, 4) is 0 Å². The average Bonchev–Trinajstić information content (AvgIpc) is 1.52. The minimum Gasteiger partial charge on any atom is -0.750 e. The van der Waals surface area contributed by atoms with Crippen molar-refractivity contribution in [3.05, 3.63) is 0 Å². The zero-order valence-electron chi connectivity index (χ0n) is 6.71. The van der Waals surface area contributed by atoms with Crippen molar-refractivity contribution in [2.75, 3.05) is 21.1 Å². The first-order valence-corrected chi connectivity index (χ1v) is 3.61. The highest BCUT2D eigenvalue weighted by molar-refractivity contribution is 7.74. The van der Waals surface area contributed by atoms with E-state index in [0.29, 0.717) is 0 Å². The number of hydrogen-bond donors (Lipinski definition) is 0. The van der Waals surface area contributed by atoms with Crippen LogP contribution < -0.4 is 0 Å². The van der Waals surface area contributed by atoms with Gasteiger partial charge in [0, 0.05) is 0 Å². The first kappa shape index (κ1) is 14.3. The van der Waals surface area contributed by atoms with Gasteiger partial charge in [0.15, 0.2) is 0 Å². The highest BCUT2D eigenvalue weighted by Crippen LogP contribution is 2.16. The maximum atomic E-state index is 10.7. The van der Waals surface area contributed by atoms with Gasteiger partial charge in [-0.3, -0.25) is 0 Å². The van der Waals surface area contributed by atoms with Crippen LogP contribution in [0.25, 0.3) is 0 Å². The Hall–Kier alpha value is -0.180. The Morgan fingerprint density at radius 3 is 1.58 bits per heavy atom. The molecule has 0 heterocycles. The Morgan fingerprint density at radius 1 is 1.33 bits per heavy atom. The molecule has 8 heteroatoms. The van der Waals surface area contributed by atoms with E-state index >= 15 is 0 Å². The van der Waals surface area contributed by atoms with E-state index in [2.05, 4.69) is 4.18 Å². The Labute approximate surface area is 70.8 Å². The fourth-order valence-electron chi connectivity index (χ4n) is 0.0772. The van der Waals surface area contributed by atoms with Crippen LogP contribution >= 0.6 is 0 Å². The number of alkyl halides is 3. The third-order valence-electron chi connectivity index (χ3n) is 0.163. The van der Waals surface area contributed by atoms with E-state index in [1.54, 1.807) is 0 Å². The van der Waals surface area contributed by atoms with Crippen molar-refractivity contribution in [1.29, 1.82) is 0 Å². The van der Waals surface area contributed by atoms with Crippen molar-refractivity contribution >= 4 is 11.4 Å². The Morgan fingerprint density at radius 2 is 1.58 bits per heavy atom. The molecule has 0 rings (SSSR count). The molecular weight excluding hydrogens is 199 g/mol. The highest BCUT2D eigenvalue weighted by atomic mass is 32.2. The second kappa shape index (κ2) is 6.35. The van der Waals surface area contributed by atoms with Crippen LogP contribution in [0.15, 0.2) is 0 Å². The molecule has 0 radical (unpaired) electrons. The van der Waals surface area contributed by atoms with Crippen LogP contribution in [0.1, 0.15) is 0 Å². The van der Waals surface area contributed by atoms with Crippen LogP contribution in [0.2, 0.25) is 0 Å². The van der Waals surface area contributed by atoms with Crippen molar-refractivity contribution in [2.24, 2.45) is 0 Å². The molecule has 0 saturated heterocycles. The van der Waals surface area contributed by atoms with Crippen LogP contribution in [0, 0.1) is 0 Å². The molecule has 0 amide bonds. The molecule has 4 nitrogen and oxygen atoms in total. The van der Waals surface area contributed by atoms with Gasteiger partial charge in [0.05, 0.1) is 11.4 Å². The molecular formula is C4H9F3NO3S-. The maximum Gasteiger partial charge on any atom is 0.534 e. The summed E-state index contributed by atoms with van der Waals surface area (Å²) in [6.45, 7) is 0. The lowest BCUT2D eigenvalue weighted by atomic mass is 11.0. The normalized spacial score (nSPS) is 13.7. The van der Waals surface area contributed by atoms with E-state index in [4.69, 9.17) is 8.76 Å². The van der Waals surface area contributed by atoms with E-state index in [0.717, 1.165) is 0 Å². The molecule has 0 aliphatic carbocycles. The lowest BCUT2D eigenvalue weighted by Gasteiger charge is -2.06. The topological polar surface area (TPSA) is 52.6 Å².